The van der Waals surface area contributed by atoms with Gasteiger partial charge in [-0.05, 0) is 95.3 Å². The van der Waals surface area contributed by atoms with Gasteiger partial charge in [0.05, 0.1) is 0 Å². The molecular formula is C42H73FN2O. The summed E-state index contributed by atoms with van der Waals surface area (Å²) < 4.78 is 13.0. The largest absolute Gasteiger partial charge is 0.357 e. The molecule has 264 valence electrons. The minimum absolute atomic E-state index is 0.150. The highest BCUT2D eigenvalue weighted by Crippen LogP contribution is 2.27. The summed E-state index contributed by atoms with van der Waals surface area (Å²) >= 11 is 0. The molecule has 1 saturated carbocycles. The standard InChI is InChI=1S/C12H20N2.C10H11F.2C8H16.C2H4O.C2H6/c1-11(2)7-8-12(13-3)14-9-5-4-6-10-14;1-3-5-9-8(2)6-4-7-10(9)11;1-7-3-5-8(2)6-4-7;1-4-7-8(5-2)6-3;1-2-3;1-2/h7-8H,1,4-6,9-10H2,2-3H3;3-7H,1-2H3;7-8H,3-6H2,1-2H3;5,8H,2,4,6-7H2,1,3H3;2H,1H3;1-2H3/b8-7-,13-12?;5-3-;;;;. The van der Waals surface area contributed by atoms with Crippen molar-refractivity contribution >= 4 is 18.2 Å². The van der Waals surface area contributed by atoms with Gasteiger partial charge < -0.3 is 9.69 Å². The highest BCUT2D eigenvalue weighted by molar-refractivity contribution is 5.93. The number of aryl methyl sites for hydroxylation is 1. The molecule has 0 aromatic heterocycles. The topological polar surface area (TPSA) is 32.7 Å². The predicted molar refractivity (Wildman–Crippen MR) is 207 cm³/mol. The summed E-state index contributed by atoms with van der Waals surface area (Å²) in [4.78, 5) is 15.5. The fraction of sp³-hybridized carbons (Fsp3) is 0.619. The Labute approximate surface area is 286 Å². The molecule has 3 nitrogen and oxygen atoms in total. The van der Waals surface area contributed by atoms with Crippen LogP contribution in [0.1, 0.15) is 138 Å². The Morgan fingerprint density at radius 1 is 1.02 bits per heavy atom. The van der Waals surface area contributed by atoms with Crippen LogP contribution in [0.2, 0.25) is 0 Å². The summed E-state index contributed by atoms with van der Waals surface area (Å²) in [7, 11) is 1.85. The van der Waals surface area contributed by atoms with E-state index in [2.05, 4.69) is 62.9 Å². The lowest BCUT2D eigenvalue weighted by Crippen LogP contribution is -2.34. The van der Waals surface area contributed by atoms with Crippen molar-refractivity contribution in [2.75, 3.05) is 20.1 Å². The number of carbonyl (C=O) groups is 1. The summed E-state index contributed by atoms with van der Waals surface area (Å²) in [5.41, 5.74) is 2.74. The van der Waals surface area contributed by atoms with Gasteiger partial charge in [0.15, 0.2) is 0 Å². The van der Waals surface area contributed by atoms with E-state index in [0.29, 0.717) is 5.56 Å². The third-order valence-corrected chi connectivity index (χ3v) is 7.85. The first-order valence-corrected chi connectivity index (χ1v) is 18.0. The lowest BCUT2D eigenvalue weighted by Gasteiger charge is -2.28. The molecule has 0 spiro atoms. The molecule has 2 aliphatic rings. The van der Waals surface area contributed by atoms with Crippen LogP contribution in [0.5, 0.6) is 0 Å². The van der Waals surface area contributed by atoms with Gasteiger partial charge in [-0.15, -0.1) is 6.58 Å². The smallest absolute Gasteiger partial charge is 0.130 e. The van der Waals surface area contributed by atoms with Gasteiger partial charge in [0.25, 0.3) is 0 Å². The minimum atomic E-state index is -0.150. The molecule has 3 rings (SSSR count). The second kappa shape index (κ2) is 33.6. The Hall–Kier alpha value is -2.75. The summed E-state index contributed by atoms with van der Waals surface area (Å²) in [6.07, 6.45) is 24.2. The lowest BCUT2D eigenvalue weighted by molar-refractivity contribution is -0.106. The van der Waals surface area contributed by atoms with Gasteiger partial charge >= 0.3 is 0 Å². The third kappa shape index (κ3) is 26.5. The van der Waals surface area contributed by atoms with Crippen LogP contribution < -0.4 is 0 Å². The number of nitrogens with zero attached hydrogens (tertiary/aromatic N) is 2. The maximum Gasteiger partial charge on any atom is 0.130 e. The minimum Gasteiger partial charge on any atom is -0.357 e. The van der Waals surface area contributed by atoms with Gasteiger partial charge in [0.2, 0.25) is 0 Å². The monoisotopic (exact) mass is 641 g/mol. The molecule has 0 N–H and O–H groups in total. The number of allylic oxidation sites excluding steroid dienone is 4. The van der Waals surface area contributed by atoms with Crippen molar-refractivity contribution in [2.45, 2.75) is 133 Å². The third-order valence-electron chi connectivity index (χ3n) is 7.85. The van der Waals surface area contributed by atoms with Crippen LogP contribution in [0.4, 0.5) is 4.39 Å². The maximum atomic E-state index is 13.0. The van der Waals surface area contributed by atoms with Crippen LogP contribution in [0, 0.1) is 30.5 Å². The van der Waals surface area contributed by atoms with Gasteiger partial charge in [-0.25, -0.2) is 4.39 Å². The fourth-order valence-electron chi connectivity index (χ4n) is 4.97. The molecule has 1 saturated heterocycles. The van der Waals surface area contributed by atoms with Crippen molar-refractivity contribution in [3.05, 3.63) is 78.2 Å². The maximum absolute atomic E-state index is 13.0. The first kappa shape index (κ1) is 47.7. The van der Waals surface area contributed by atoms with Crippen molar-refractivity contribution in [1.82, 2.24) is 4.90 Å². The molecule has 0 bridgehead atoms. The first-order chi connectivity index (χ1) is 22.0. The normalized spacial score (nSPS) is 18.0. The number of benzene rings is 1. The molecule has 0 amide bonds. The molecule has 2 fully saturated rings. The molecule has 1 aromatic carbocycles. The second-order valence-corrected chi connectivity index (χ2v) is 12.1. The summed E-state index contributed by atoms with van der Waals surface area (Å²) in [5, 5.41) is 0. The van der Waals surface area contributed by atoms with E-state index in [1.54, 1.807) is 12.1 Å². The van der Waals surface area contributed by atoms with Crippen molar-refractivity contribution in [2.24, 2.45) is 22.7 Å². The van der Waals surface area contributed by atoms with Gasteiger partial charge in [0.1, 0.15) is 17.9 Å². The quantitative estimate of drug-likeness (QED) is 0.0976. The van der Waals surface area contributed by atoms with Crippen LogP contribution in [-0.4, -0.2) is 37.2 Å². The number of carbonyl (C=O) groups excluding carboxylic acids is 1. The molecule has 1 aromatic rings. The summed E-state index contributed by atoms with van der Waals surface area (Å²) in [6, 6.07) is 5.10. The number of amidine groups is 1. The molecule has 4 heteroatoms. The van der Waals surface area contributed by atoms with Crippen molar-refractivity contribution < 1.29 is 9.18 Å². The molecule has 46 heavy (non-hydrogen) atoms. The Morgan fingerprint density at radius 2 is 1.54 bits per heavy atom. The van der Waals surface area contributed by atoms with Crippen molar-refractivity contribution in [3.63, 3.8) is 0 Å². The number of aldehydes is 1. The SMILES string of the molecule is C/C=C\c1c(C)cccc1F.C=C(C)/C=C\C(=NC)N1CCCCC1.C=CC(CC)CCC.CC.CC1CCC(C)CC1.CC=O. The number of piperidine rings is 1. The van der Waals surface area contributed by atoms with E-state index in [1.807, 2.05) is 59.9 Å². The van der Waals surface area contributed by atoms with Gasteiger partial charge in [-0.1, -0.05) is 122 Å². The molecule has 1 atom stereocenters. The first-order valence-electron chi connectivity index (χ1n) is 18.0. The zero-order valence-corrected chi connectivity index (χ0v) is 32.0. The van der Waals surface area contributed by atoms with E-state index >= 15 is 0 Å². The molecule has 0 radical (unpaired) electrons. The van der Waals surface area contributed by atoms with E-state index < -0.39 is 0 Å². The van der Waals surface area contributed by atoms with Gasteiger partial charge in [0, 0.05) is 25.7 Å². The number of hydrogen-bond donors (Lipinski definition) is 0. The van der Waals surface area contributed by atoms with E-state index in [-0.39, 0.29) is 5.82 Å². The molecule has 1 heterocycles. The van der Waals surface area contributed by atoms with Crippen LogP contribution in [0.3, 0.4) is 0 Å². The van der Waals surface area contributed by atoms with Crippen LogP contribution in [0.15, 0.2) is 66.2 Å². The molecule has 1 unspecified atom stereocenters. The lowest BCUT2D eigenvalue weighted by atomic mass is 9.84. The van der Waals surface area contributed by atoms with Crippen LogP contribution in [-0.2, 0) is 4.79 Å². The Kier molecular flexibility index (Phi) is 34.8. The van der Waals surface area contributed by atoms with E-state index in [9.17, 15) is 4.39 Å². The Bertz CT molecular complexity index is 934. The summed E-state index contributed by atoms with van der Waals surface area (Å²) in [6.45, 7) is 30.3. The Balaban J connectivity index is -0.000000523. The zero-order chi connectivity index (χ0) is 35.8. The van der Waals surface area contributed by atoms with E-state index in [1.165, 1.54) is 77.2 Å². The van der Waals surface area contributed by atoms with Crippen LogP contribution in [0.25, 0.3) is 6.08 Å². The van der Waals surface area contributed by atoms with Gasteiger partial charge in [-0.3, -0.25) is 4.99 Å². The van der Waals surface area contributed by atoms with Crippen molar-refractivity contribution in [3.8, 4) is 0 Å². The average molecular weight is 641 g/mol. The van der Waals surface area contributed by atoms with Crippen LogP contribution >= 0.6 is 0 Å². The Morgan fingerprint density at radius 3 is 1.89 bits per heavy atom. The van der Waals surface area contributed by atoms with Crippen molar-refractivity contribution in [1.29, 1.82) is 0 Å². The fourth-order valence-corrected chi connectivity index (χ4v) is 4.97. The number of halogens is 1. The number of hydrogen-bond acceptors (Lipinski definition) is 2. The highest BCUT2D eigenvalue weighted by atomic mass is 19.1. The van der Waals surface area contributed by atoms with E-state index in [0.717, 1.165) is 54.1 Å². The second-order valence-electron chi connectivity index (χ2n) is 12.1. The molecule has 1 aliphatic carbocycles. The number of aliphatic imine (C=N–C) groups is 1. The van der Waals surface area contributed by atoms with Gasteiger partial charge in [-0.2, -0.15) is 0 Å². The molecule has 1 aliphatic heterocycles. The molecular weight excluding hydrogens is 567 g/mol. The number of rotatable bonds is 7. The zero-order valence-electron chi connectivity index (χ0n) is 32.0. The summed E-state index contributed by atoms with van der Waals surface area (Å²) in [5.74, 6) is 3.74. The highest BCUT2D eigenvalue weighted by Gasteiger charge is 2.13. The predicted octanol–water partition coefficient (Wildman–Crippen LogP) is 12.9. The average Bonchev–Trinajstić information content (AvgIpc) is 3.06. The number of likely N-dealkylation sites (tertiary alicyclic amines) is 1. The van der Waals surface area contributed by atoms with E-state index in [4.69, 9.17) is 4.79 Å².